The summed E-state index contributed by atoms with van der Waals surface area (Å²) in [4.78, 5) is 12.2. The van der Waals surface area contributed by atoms with Crippen LogP contribution in [-0.4, -0.2) is 25.0 Å². The van der Waals surface area contributed by atoms with Gasteiger partial charge in [0.05, 0.1) is 0 Å². The molecule has 2 fully saturated rings. The van der Waals surface area contributed by atoms with E-state index in [9.17, 15) is 4.79 Å². The van der Waals surface area contributed by atoms with Gasteiger partial charge in [0.25, 0.3) is 0 Å². The molecule has 3 atom stereocenters. The highest BCUT2D eigenvalue weighted by Gasteiger charge is 2.41. The molecule has 0 aromatic carbocycles. The van der Waals surface area contributed by atoms with Crippen molar-refractivity contribution >= 4 is 5.91 Å². The van der Waals surface area contributed by atoms with Gasteiger partial charge in [-0.1, -0.05) is 20.8 Å². The first-order valence-electron chi connectivity index (χ1n) is 6.53. The molecular formula is C13H24N2O. The summed E-state index contributed by atoms with van der Waals surface area (Å²) in [6.07, 6.45) is 3.53. The zero-order valence-corrected chi connectivity index (χ0v) is 10.7. The van der Waals surface area contributed by atoms with Gasteiger partial charge >= 0.3 is 0 Å². The Bertz CT molecular complexity index is 269. The Morgan fingerprint density at radius 2 is 2.12 bits per heavy atom. The molecule has 1 amide bonds. The predicted molar refractivity (Wildman–Crippen MR) is 65.1 cm³/mol. The molecule has 0 radical (unpaired) electrons. The first-order valence-corrected chi connectivity index (χ1v) is 6.53. The van der Waals surface area contributed by atoms with Crippen LogP contribution in [0.1, 0.15) is 40.0 Å². The molecule has 0 aromatic rings. The molecule has 1 heterocycles. The van der Waals surface area contributed by atoms with Gasteiger partial charge in [-0.15, -0.1) is 0 Å². The SMILES string of the molecule is CC1CC1NC(=O)C(C)(C)C1CCCNC1. The van der Waals surface area contributed by atoms with Gasteiger partial charge in [-0.3, -0.25) is 4.79 Å². The molecule has 0 spiro atoms. The van der Waals surface area contributed by atoms with E-state index < -0.39 is 0 Å². The van der Waals surface area contributed by atoms with E-state index in [-0.39, 0.29) is 11.3 Å². The van der Waals surface area contributed by atoms with Crippen LogP contribution < -0.4 is 10.6 Å². The Balaban J connectivity index is 1.91. The Kier molecular flexibility index (Phi) is 3.24. The molecule has 2 rings (SSSR count). The summed E-state index contributed by atoms with van der Waals surface area (Å²) >= 11 is 0. The average molecular weight is 224 g/mol. The van der Waals surface area contributed by atoms with Crippen molar-refractivity contribution in [3.63, 3.8) is 0 Å². The summed E-state index contributed by atoms with van der Waals surface area (Å²) in [5, 5.41) is 6.57. The van der Waals surface area contributed by atoms with E-state index in [0.29, 0.717) is 17.9 Å². The monoisotopic (exact) mass is 224 g/mol. The second kappa shape index (κ2) is 4.36. The summed E-state index contributed by atoms with van der Waals surface area (Å²) in [5.74, 6) is 1.41. The first kappa shape index (κ1) is 11.9. The largest absolute Gasteiger partial charge is 0.353 e. The van der Waals surface area contributed by atoms with Crippen LogP contribution in [0, 0.1) is 17.3 Å². The molecular weight excluding hydrogens is 200 g/mol. The molecule has 1 saturated carbocycles. The molecule has 92 valence electrons. The first-order chi connectivity index (χ1) is 7.51. The molecule has 16 heavy (non-hydrogen) atoms. The number of carbonyl (C=O) groups excluding carboxylic acids is 1. The third-order valence-corrected chi connectivity index (χ3v) is 4.33. The van der Waals surface area contributed by atoms with Crippen LogP contribution in [-0.2, 0) is 4.79 Å². The lowest BCUT2D eigenvalue weighted by atomic mass is 9.74. The molecule has 2 N–H and O–H groups in total. The maximum absolute atomic E-state index is 12.2. The second-order valence-corrected chi connectivity index (χ2v) is 6.06. The maximum Gasteiger partial charge on any atom is 0.226 e. The van der Waals surface area contributed by atoms with Crippen molar-refractivity contribution < 1.29 is 4.79 Å². The third-order valence-electron chi connectivity index (χ3n) is 4.33. The van der Waals surface area contributed by atoms with E-state index >= 15 is 0 Å². The van der Waals surface area contributed by atoms with Gasteiger partial charge < -0.3 is 10.6 Å². The second-order valence-electron chi connectivity index (χ2n) is 6.06. The molecule has 3 heteroatoms. The standard InChI is InChI=1S/C13H24N2O/c1-9-7-11(9)15-12(16)13(2,3)10-5-4-6-14-8-10/h9-11,14H,4-8H2,1-3H3,(H,15,16). The lowest BCUT2D eigenvalue weighted by Crippen LogP contribution is -2.48. The van der Waals surface area contributed by atoms with Gasteiger partial charge in [-0.05, 0) is 44.2 Å². The Labute approximate surface area is 98.4 Å². The summed E-state index contributed by atoms with van der Waals surface area (Å²) in [7, 11) is 0. The normalized spacial score (nSPS) is 34.6. The Hall–Kier alpha value is -0.570. The molecule has 1 saturated heterocycles. The fourth-order valence-corrected chi connectivity index (χ4v) is 2.53. The molecule has 0 aromatic heterocycles. The van der Waals surface area contributed by atoms with Crippen LogP contribution in [0.25, 0.3) is 0 Å². The van der Waals surface area contributed by atoms with Gasteiger partial charge in [0.15, 0.2) is 0 Å². The van der Waals surface area contributed by atoms with Gasteiger partial charge in [0.2, 0.25) is 5.91 Å². The van der Waals surface area contributed by atoms with Gasteiger partial charge in [-0.25, -0.2) is 0 Å². The minimum Gasteiger partial charge on any atom is -0.353 e. The fourth-order valence-electron chi connectivity index (χ4n) is 2.53. The lowest BCUT2D eigenvalue weighted by Gasteiger charge is -2.36. The van der Waals surface area contributed by atoms with Crippen LogP contribution >= 0.6 is 0 Å². The van der Waals surface area contributed by atoms with Gasteiger partial charge in [0, 0.05) is 11.5 Å². The van der Waals surface area contributed by atoms with Crippen molar-refractivity contribution in [2.75, 3.05) is 13.1 Å². The summed E-state index contributed by atoms with van der Waals surface area (Å²) in [6, 6.07) is 0.448. The summed E-state index contributed by atoms with van der Waals surface area (Å²) in [6.45, 7) is 8.47. The quantitative estimate of drug-likeness (QED) is 0.763. The van der Waals surface area contributed by atoms with Crippen LogP contribution in [0.4, 0.5) is 0 Å². The molecule has 1 aliphatic heterocycles. The fraction of sp³-hybridized carbons (Fsp3) is 0.923. The van der Waals surface area contributed by atoms with Crippen molar-refractivity contribution in [1.82, 2.24) is 10.6 Å². The van der Waals surface area contributed by atoms with Gasteiger partial charge in [0.1, 0.15) is 0 Å². The maximum atomic E-state index is 12.2. The zero-order chi connectivity index (χ0) is 11.8. The highest BCUT2D eigenvalue weighted by molar-refractivity contribution is 5.82. The van der Waals surface area contributed by atoms with E-state index in [1.165, 1.54) is 12.8 Å². The van der Waals surface area contributed by atoms with Crippen LogP contribution in [0.3, 0.4) is 0 Å². The Morgan fingerprint density at radius 1 is 1.44 bits per heavy atom. The topological polar surface area (TPSA) is 41.1 Å². The van der Waals surface area contributed by atoms with Crippen molar-refractivity contribution in [2.24, 2.45) is 17.3 Å². The van der Waals surface area contributed by atoms with E-state index in [4.69, 9.17) is 0 Å². The zero-order valence-electron chi connectivity index (χ0n) is 10.7. The molecule has 3 unspecified atom stereocenters. The van der Waals surface area contributed by atoms with Crippen LogP contribution in [0.2, 0.25) is 0 Å². The summed E-state index contributed by atoms with van der Waals surface area (Å²) in [5.41, 5.74) is -0.226. The van der Waals surface area contributed by atoms with Crippen LogP contribution in [0.5, 0.6) is 0 Å². The molecule has 2 aliphatic rings. The van der Waals surface area contributed by atoms with Crippen molar-refractivity contribution in [3.05, 3.63) is 0 Å². The Morgan fingerprint density at radius 3 is 2.62 bits per heavy atom. The summed E-state index contributed by atoms with van der Waals surface area (Å²) < 4.78 is 0. The number of nitrogens with one attached hydrogen (secondary N) is 2. The van der Waals surface area contributed by atoms with E-state index in [1.807, 2.05) is 0 Å². The number of rotatable bonds is 3. The minimum atomic E-state index is -0.226. The highest BCUT2D eigenvalue weighted by Crippen LogP contribution is 2.35. The van der Waals surface area contributed by atoms with Crippen molar-refractivity contribution in [1.29, 1.82) is 0 Å². The number of hydrogen-bond acceptors (Lipinski definition) is 2. The van der Waals surface area contributed by atoms with E-state index in [1.54, 1.807) is 0 Å². The van der Waals surface area contributed by atoms with Gasteiger partial charge in [-0.2, -0.15) is 0 Å². The number of carbonyl (C=O) groups is 1. The smallest absolute Gasteiger partial charge is 0.226 e. The van der Waals surface area contributed by atoms with Crippen molar-refractivity contribution in [2.45, 2.75) is 46.1 Å². The molecule has 3 nitrogen and oxygen atoms in total. The molecule has 0 bridgehead atoms. The van der Waals surface area contributed by atoms with E-state index in [0.717, 1.165) is 19.5 Å². The average Bonchev–Trinajstić information content (AvgIpc) is 2.95. The minimum absolute atomic E-state index is 0.226. The number of piperidine rings is 1. The third kappa shape index (κ3) is 2.40. The molecule has 1 aliphatic carbocycles. The predicted octanol–water partition coefficient (Wildman–Crippen LogP) is 1.54. The number of amides is 1. The van der Waals surface area contributed by atoms with Crippen LogP contribution in [0.15, 0.2) is 0 Å². The highest BCUT2D eigenvalue weighted by atomic mass is 16.2. The number of hydrogen-bond donors (Lipinski definition) is 2. The van der Waals surface area contributed by atoms with E-state index in [2.05, 4.69) is 31.4 Å². The lowest BCUT2D eigenvalue weighted by molar-refractivity contribution is -0.132. The van der Waals surface area contributed by atoms with Crippen molar-refractivity contribution in [3.8, 4) is 0 Å².